The smallest absolute Gasteiger partial charge is 0.251 e. The van der Waals surface area contributed by atoms with Gasteiger partial charge in [-0.15, -0.1) is 0 Å². The summed E-state index contributed by atoms with van der Waals surface area (Å²) in [6, 6.07) is 12.2. The number of phenolic OH excluding ortho intramolecular Hbond substituents is 1. The van der Waals surface area contributed by atoms with Crippen molar-refractivity contribution in [2.75, 3.05) is 0 Å². The maximum absolute atomic E-state index is 12.5. The summed E-state index contributed by atoms with van der Waals surface area (Å²) >= 11 is 6.46. The number of aromatic hydroxyl groups is 1. The average molecular weight is 342 g/mol. The van der Waals surface area contributed by atoms with Gasteiger partial charge in [0.2, 0.25) is 0 Å². The van der Waals surface area contributed by atoms with E-state index >= 15 is 0 Å². The summed E-state index contributed by atoms with van der Waals surface area (Å²) in [6.45, 7) is -0.202. The van der Waals surface area contributed by atoms with E-state index in [0.717, 1.165) is 34.9 Å². The SMILES string of the molecule is O=c1cc(CO)c2cc(Cl)c(-c3ccc(O)cc3)cc2n1C1CC1. The van der Waals surface area contributed by atoms with Gasteiger partial charge in [-0.05, 0) is 48.2 Å². The van der Waals surface area contributed by atoms with Crippen LogP contribution in [0.1, 0.15) is 24.4 Å². The van der Waals surface area contributed by atoms with Gasteiger partial charge in [0.1, 0.15) is 5.75 Å². The monoisotopic (exact) mass is 341 g/mol. The molecular formula is C19H16ClNO3. The first kappa shape index (κ1) is 15.2. The molecule has 1 aliphatic rings. The third-order valence-electron chi connectivity index (χ3n) is 4.49. The zero-order valence-electron chi connectivity index (χ0n) is 12.9. The average Bonchev–Trinajstić information content (AvgIpc) is 3.39. The topological polar surface area (TPSA) is 62.5 Å². The first-order valence-electron chi connectivity index (χ1n) is 7.86. The summed E-state index contributed by atoms with van der Waals surface area (Å²) in [5.74, 6) is 0.188. The van der Waals surface area contributed by atoms with Crippen LogP contribution in [0.3, 0.4) is 0 Å². The number of rotatable bonds is 3. The molecule has 1 saturated carbocycles. The molecule has 1 heterocycles. The van der Waals surface area contributed by atoms with Crippen molar-refractivity contribution in [3.8, 4) is 16.9 Å². The molecule has 0 amide bonds. The molecule has 0 aliphatic heterocycles. The fourth-order valence-corrected chi connectivity index (χ4v) is 3.41. The number of aliphatic hydroxyl groups excluding tert-OH is 1. The molecule has 0 spiro atoms. The fourth-order valence-electron chi connectivity index (χ4n) is 3.14. The highest BCUT2D eigenvalue weighted by Gasteiger charge is 2.27. The van der Waals surface area contributed by atoms with Crippen LogP contribution in [0, 0.1) is 0 Å². The predicted octanol–water partition coefficient (Wildman–Crippen LogP) is 3.85. The molecule has 24 heavy (non-hydrogen) atoms. The Morgan fingerprint density at radius 1 is 1.12 bits per heavy atom. The molecule has 1 fully saturated rings. The lowest BCUT2D eigenvalue weighted by Crippen LogP contribution is -2.20. The van der Waals surface area contributed by atoms with Crippen LogP contribution in [-0.2, 0) is 6.61 Å². The molecule has 5 heteroatoms. The van der Waals surface area contributed by atoms with Crippen molar-refractivity contribution < 1.29 is 10.2 Å². The molecule has 122 valence electrons. The number of benzene rings is 2. The van der Waals surface area contributed by atoms with E-state index in [-0.39, 0.29) is 24.0 Å². The van der Waals surface area contributed by atoms with Gasteiger partial charge in [-0.1, -0.05) is 23.7 Å². The van der Waals surface area contributed by atoms with Gasteiger partial charge in [0, 0.05) is 28.1 Å². The highest BCUT2D eigenvalue weighted by Crippen LogP contribution is 2.39. The summed E-state index contributed by atoms with van der Waals surface area (Å²) in [5.41, 5.74) is 2.96. The standard InChI is InChI=1S/C19H16ClNO3/c20-17-8-16-12(10-22)7-19(24)21(13-3-4-13)18(16)9-15(17)11-1-5-14(23)6-2-11/h1-2,5-9,13,22-23H,3-4,10H2. The second kappa shape index (κ2) is 5.65. The van der Waals surface area contributed by atoms with Crippen molar-refractivity contribution in [1.82, 2.24) is 4.57 Å². The molecule has 2 aromatic carbocycles. The molecular weight excluding hydrogens is 326 g/mol. The largest absolute Gasteiger partial charge is 0.508 e. The van der Waals surface area contributed by atoms with Crippen molar-refractivity contribution in [1.29, 1.82) is 0 Å². The first-order valence-corrected chi connectivity index (χ1v) is 8.24. The summed E-state index contributed by atoms with van der Waals surface area (Å²) in [4.78, 5) is 12.5. The summed E-state index contributed by atoms with van der Waals surface area (Å²) < 4.78 is 1.80. The number of nitrogens with zero attached hydrogens (tertiary/aromatic N) is 1. The number of pyridine rings is 1. The lowest BCUT2D eigenvalue weighted by Gasteiger charge is -2.15. The molecule has 0 saturated heterocycles. The number of aromatic nitrogens is 1. The van der Waals surface area contributed by atoms with E-state index in [1.807, 2.05) is 12.1 Å². The van der Waals surface area contributed by atoms with E-state index in [4.69, 9.17) is 11.6 Å². The zero-order chi connectivity index (χ0) is 16.8. The van der Waals surface area contributed by atoms with Crippen molar-refractivity contribution in [2.24, 2.45) is 0 Å². The van der Waals surface area contributed by atoms with E-state index < -0.39 is 0 Å². The number of halogens is 1. The minimum Gasteiger partial charge on any atom is -0.508 e. The predicted molar refractivity (Wildman–Crippen MR) is 94.5 cm³/mol. The van der Waals surface area contributed by atoms with E-state index in [9.17, 15) is 15.0 Å². The highest BCUT2D eigenvalue weighted by atomic mass is 35.5. The van der Waals surface area contributed by atoms with Crippen LogP contribution >= 0.6 is 11.6 Å². The summed E-state index contributed by atoms with van der Waals surface area (Å²) in [6.07, 6.45) is 1.98. The molecule has 2 N–H and O–H groups in total. The molecule has 4 nitrogen and oxygen atoms in total. The number of hydrogen-bond acceptors (Lipinski definition) is 3. The molecule has 0 atom stereocenters. The Bertz CT molecular complexity index is 988. The molecule has 0 bridgehead atoms. The number of phenols is 1. The van der Waals surface area contributed by atoms with Gasteiger partial charge in [0.05, 0.1) is 12.1 Å². The Labute approximate surface area is 143 Å². The fraction of sp³-hybridized carbons (Fsp3) is 0.211. The van der Waals surface area contributed by atoms with Gasteiger partial charge >= 0.3 is 0 Å². The minimum atomic E-state index is -0.202. The number of hydrogen-bond donors (Lipinski definition) is 2. The maximum Gasteiger partial charge on any atom is 0.251 e. The molecule has 4 rings (SSSR count). The lowest BCUT2D eigenvalue weighted by atomic mass is 10.0. The van der Waals surface area contributed by atoms with Crippen molar-refractivity contribution in [3.63, 3.8) is 0 Å². The Hall–Kier alpha value is -2.30. The molecule has 3 aromatic rings. The Morgan fingerprint density at radius 2 is 1.83 bits per heavy atom. The maximum atomic E-state index is 12.5. The van der Waals surface area contributed by atoms with E-state index in [2.05, 4.69) is 0 Å². The second-order valence-electron chi connectivity index (χ2n) is 6.16. The second-order valence-corrected chi connectivity index (χ2v) is 6.57. The molecule has 0 radical (unpaired) electrons. The molecule has 1 aromatic heterocycles. The van der Waals surface area contributed by atoms with Gasteiger partial charge in [-0.25, -0.2) is 0 Å². The van der Waals surface area contributed by atoms with Gasteiger partial charge in [0.15, 0.2) is 0 Å². The number of aliphatic hydroxyl groups is 1. The van der Waals surface area contributed by atoms with Crippen LogP contribution in [0.15, 0.2) is 47.3 Å². The minimum absolute atomic E-state index is 0.0898. The van der Waals surface area contributed by atoms with Crippen LogP contribution in [-0.4, -0.2) is 14.8 Å². The Morgan fingerprint density at radius 3 is 2.46 bits per heavy atom. The number of fused-ring (bicyclic) bond motifs is 1. The third kappa shape index (κ3) is 2.48. The normalized spacial score (nSPS) is 14.2. The first-order chi connectivity index (χ1) is 11.6. The van der Waals surface area contributed by atoms with Crippen molar-refractivity contribution >= 4 is 22.5 Å². The molecule has 0 unspecified atom stereocenters. The van der Waals surface area contributed by atoms with E-state index in [1.165, 1.54) is 6.07 Å². The van der Waals surface area contributed by atoms with Crippen LogP contribution in [0.5, 0.6) is 5.75 Å². The van der Waals surface area contributed by atoms with Crippen LogP contribution in [0.2, 0.25) is 5.02 Å². The Kier molecular flexibility index (Phi) is 3.59. The summed E-state index contributed by atoms with van der Waals surface area (Å²) in [7, 11) is 0. The van der Waals surface area contributed by atoms with Gasteiger partial charge < -0.3 is 14.8 Å². The van der Waals surface area contributed by atoms with Crippen LogP contribution in [0.4, 0.5) is 0 Å². The van der Waals surface area contributed by atoms with E-state index in [1.54, 1.807) is 28.8 Å². The molecule has 1 aliphatic carbocycles. The Balaban J connectivity index is 2.03. The van der Waals surface area contributed by atoms with Gasteiger partial charge in [-0.3, -0.25) is 4.79 Å². The quantitative estimate of drug-likeness (QED) is 0.760. The zero-order valence-corrected chi connectivity index (χ0v) is 13.6. The van der Waals surface area contributed by atoms with Crippen molar-refractivity contribution in [3.05, 3.63) is 63.4 Å². The van der Waals surface area contributed by atoms with Gasteiger partial charge in [-0.2, -0.15) is 0 Å². The highest BCUT2D eigenvalue weighted by molar-refractivity contribution is 6.34. The van der Waals surface area contributed by atoms with Crippen LogP contribution < -0.4 is 5.56 Å². The third-order valence-corrected chi connectivity index (χ3v) is 4.80. The van der Waals surface area contributed by atoms with E-state index in [0.29, 0.717) is 10.6 Å². The van der Waals surface area contributed by atoms with Crippen LogP contribution in [0.25, 0.3) is 22.0 Å². The van der Waals surface area contributed by atoms with Gasteiger partial charge in [0.25, 0.3) is 5.56 Å². The van der Waals surface area contributed by atoms with Crippen molar-refractivity contribution in [2.45, 2.75) is 25.5 Å². The lowest BCUT2D eigenvalue weighted by molar-refractivity contribution is 0.283. The summed E-state index contributed by atoms with van der Waals surface area (Å²) in [5, 5.41) is 20.4.